The van der Waals surface area contributed by atoms with Gasteiger partial charge in [-0.3, -0.25) is 9.69 Å². The normalized spacial score (nSPS) is 20.1. The van der Waals surface area contributed by atoms with Crippen molar-refractivity contribution < 1.29 is 17.9 Å². The number of nitriles is 1. The fourth-order valence-corrected chi connectivity index (χ4v) is 6.96. The number of sulfonamides is 1. The Morgan fingerprint density at radius 1 is 1.30 bits per heavy atom. The van der Waals surface area contributed by atoms with Crippen molar-refractivity contribution in [2.45, 2.75) is 43.5 Å². The molecule has 0 aromatic carbocycles. The number of amides is 1. The Labute approximate surface area is 198 Å². The molecule has 2 aromatic heterocycles. The monoisotopic (exact) mass is 491 g/mol. The average molecular weight is 492 g/mol. The fraction of sp³-hybridized carbons (Fsp3) is 0.545. The highest BCUT2D eigenvalue weighted by Crippen LogP contribution is 2.28. The summed E-state index contributed by atoms with van der Waals surface area (Å²) in [5.74, 6) is 0.305. The maximum Gasteiger partial charge on any atom is 0.252 e. The molecule has 0 radical (unpaired) electrons. The van der Waals surface area contributed by atoms with Gasteiger partial charge in [0.05, 0.1) is 24.8 Å². The third-order valence-corrected chi connectivity index (χ3v) is 9.67. The first-order chi connectivity index (χ1) is 15.8. The fourth-order valence-electron chi connectivity index (χ4n) is 4.39. The van der Waals surface area contributed by atoms with Gasteiger partial charge in [-0.1, -0.05) is 6.07 Å². The van der Waals surface area contributed by atoms with Crippen LogP contribution in [0.4, 0.5) is 5.82 Å². The molecule has 0 bridgehead atoms. The largest absolute Gasteiger partial charge is 0.376 e. The first-order valence-electron chi connectivity index (χ1n) is 11.1. The highest BCUT2D eigenvalue weighted by molar-refractivity contribution is 7.91. The summed E-state index contributed by atoms with van der Waals surface area (Å²) in [6.45, 7) is 6.94. The van der Waals surface area contributed by atoms with E-state index in [4.69, 9.17) is 4.74 Å². The Bertz CT molecular complexity index is 1140. The van der Waals surface area contributed by atoms with Gasteiger partial charge in [0, 0.05) is 38.5 Å². The Kier molecular flexibility index (Phi) is 7.21. The van der Waals surface area contributed by atoms with E-state index in [0.29, 0.717) is 48.3 Å². The number of piperazine rings is 1. The minimum atomic E-state index is -3.47. The molecular formula is C22H29N5O4S2. The predicted molar refractivity (Wildman–Crippen MR) is 126 cm³/mol. The number of rotatable bonds is 7. The van der Waals surface area contributed by atoms with Gasteiger partial charge in [-0.15, -0.1) is 11.3 Å². The summed E-state index contributed by atoms with van der Waals surface area (Å²) in [6.07, 6.45) is 2.06. The van der Waals surface area contributed by atoms with Gasteiger partial charge in [0.1, 0.15) is 16.1 Å². The number of ether oxygens (including phenoxy) is 1. The zero-order valence-corrected chi connectivity index (χ0v) is 20.5. The molecule has 0 saturated carbocycles. The summed E-state index contributed by atoms with van der Waals surface area (Å²) < 4.78 is 35.0. The minimum Gasteiger partial charge on any atom is -0.376 e. The second-order valence-corrected chi connectivity index (χ2v) is 11.6. The van der Waals surface area contributed by atoms with Crippen LogP contribution >= 0.6 is 11.3 Å². The van der Waals surface area contributed by atoms with E-state index >= 15 is 0 Å². The molecule has 1 atom stereocenters. The van der Waals surface area contributed by atoms with E-state index in [0.717, 1.165) is 30.7 Å². The van der Waals surface area contributed by atoms with E-state index in [-0.39, 0.29) is 18.6 Å². The maximum absolute atomic E-state index is 12.9. The number of hydrogen-bond acceptors (Lipinski definition) is 7. The first-order valence-corrected chi connectivity index (χ1v) is 13.4. The number of nitrogens with one attached hydrogen (secondary N) is 1. The molecule has 1 N–H and O–H groups in total. The maximum atomic E-state index is 12.9. The summed E-state index contributed by atoms with van der Waals surface area (Å²) in [5, 5.41) is 14.4. The minimum absolute atomic E-state index is 0.0797. The van der Waals surface area contributed by atoms with Crippen molar-refractivity contribution >= 4 is 33.1 Å². The van der Waals surface area contributed by atoms with Crippen molar-refractivity contribution in [2.75, 3.05) is 44.6 Å². The molecule has 2 fully saturated rings. The molecule has 2 aliphatic heterocycles. The Morgan fingerprint density at radius 3 is 2.67 bits per heavy atom. The van der Waals surface area contributed by atoms with Crippen LogP contribution in [0.15, 0.2) is 21.7 Å². The van der Waals surface area contributed by atoms with Crippen LogP contribution in [-0.2, 0) is 26.1 Å². The van der Waals surface area contributed by atoms with Crippen molar-refractivity contribution in [1.82, 2.24) is 13.8 Å². The first kappa shape index (κ1) is 23.9. The lowest BCUT2D eigenvalue weighted by Crippen LogP contribution is -2.50. The quantitative estimate of drug-likeness (QED) is 0.636. The van der Waals surface area contributed by atoms with Crippen LogP contribution in [0.1, 0.15) is 29.7 Å². The van der Waals surface area contributed by atoms with Crippen LogP contribution < -0.4 is 5.32 Å². The average Bonchev–Trinajstić information content (AvgIpc) is 3.54. The smallest absolute Gasteiger partial charge is 0.252 e. The SMILES string of the molecule is Cc1c(C#N)c(NC(=O)CN2CCN(S(=O)(=O)c3cccs3)CC2)n(C[C@@H]2CCCO2)c1C. The van der Waals surface area contributed by atoms with Crippen molar-refractivity contribution in [1.29, 1.82) is 5.26 Å². The summed E-state index contributed by atoms with van der Waals surface area (Å²) >= 11 is 1.21. The van der Waals surface area contributed by atoms with Crippen LogP contribution in [0.2, 0.25) is 0 Å². The van der Waals surface area contributed by atoms with Gasteiger partial charge in [-0.2, -0.15) is 9.57 Å². The molecule has 0 spiro atoms. The standard InChI is InChI=1S/C22H29N5O4S2/c1-16-17(2)27(14-18-5-3-11-31-18)22(19(16)13-23)24-20(28)15-25-7-9-26(10-8-25)33(29,30)21-6-4-12-32-21/h4,6,12,18H,3,5,7-11,14-15H2,1-2H3,(H,24,28)/t18-/m0/s1. The second-order valence-electron chi connectivity index (χ2n) is 8.45. The predicted octanol–water partition coefficient (Wildman–Crippen LogP) is 2.16. The number of anilines is 1. The number of carbonyl (C=O) groups excluding carboxylic acids is 1. The number of carbonyl (C=O) groups is 1. The van der Waals surface area contributed by atoms with E-state index in [1.165, 1.54) is 15.6 Å². The molecule has 4 heterocycles. The molecule has 11 heteroatoms. The van der Waals surface area contributed by atoms with Crippen LogP contribution in [0.25, 0.3) is 0 Å². The van der Waals surface area contributed by atoms with E-state index < -0.39 is 10.0 Å². The molecule has 9 nitrogen and oxygen atoms in total. The van der Waals surface area contributed by atoms with Crippen molar-refractivity contribution in [3.8, 4) is 6.07 Å². The third-order valence-electron chi connectivity index (χ3n) is 6.40. The Morgan fingerprint density at radius 2 is 2.06 bits per heavy atom. The highest BCUT2D eigenvalue weighted by Gasteiger charge is 2.30. The third kappa shape index (κ3) is 5.00. The van der Waals surface area contributed by atoms with Crippen molar-refractivity contribution in [3.05, 3.63) is 34.3 Å². The molecule has 0 aliphatic carbocycles. The van der Waals surface area contributed by atoms with Crippen molar-refractivity contribution in [2.24, 2.45) is 0 Å². The van der Waals surface area contributed by atoms with E-state index in [1.54, 1.807) is 17.5 Å². The molecule has 1 amide bonds. The molecule has 33 heavy (non-hydrogen) atoms. The molecular weight excluding hydrogens is 462 g/mol. The van der Waals surface area contributed by atoms with Gasteiger partial charge < -0.3 is 14.6 Å². The van der Waals surface area contributed by atoms with Crippen LogP contribution in [0.5, 0.6) is 0 Å². The summed E-state index contributed by atoms with van der Waals surface area (Å²) in [6, 6.07) is 5.57. The number of aromatic nitrogens is 1. The van der Waals surface area contributed by atoms with E-state index in [9.17, 15) is 18.5 Å². The zero-order valence-electron chi connectivity index (χ0n) is 18.9. The van der Waals surface area contributed by atoms with Gasteiger partial charge in [-0.25, -0.2) is 8.42 Å². The lowest BCUT2D eigenvalue weighted by molar-refractivity contribution is -0.117. The highest BCUT2D eigenvalue weighted by atomic mass is 32.2. The molecule has 2 aliphatic rings. The van der Waals surface area contributed by atoms with E-state index in [1.807, 2.05) is 23.3 Å². The topological polar surface area (TPSA) is 108 Å². The van der Waals surface area contributed by atoms with Gasteiger partial charge in [0.2, 0.25) is 5.91 Å². The lowest BCUT2D eigenvalue weighted by Gasteiger charge is -2.33. The van der Waals surface area contributed by atoms with Crippen LogP contribution in [0.3, 0.4) is 0 Å². The van der Waals surface area contributed by atoms with Gasteiger partial charge in [0.25, 0.3) is 10.0 Å². The zero-order chi connectivity index (χ0) is 23.6. The van der Waals surface area contributed by atoms with Gasteiger partial charge >= 0.3 is 0 Å². The molecule has 178 valence electrons. The van der Waals surface area contributed by atoms with Gasteiger partial charge in [-0.05, 0) is 43.7 Å². The number of nitrogens with zero attached hydrogens (tertiary/aromatic N) is 4. The van der Waals surface area contributed by atoms with Crippen molar-refractivity contribution in [3.63, 3.8) is 0 Å². The van der Waals surface area contributed by atoms with Crippen LogP contribution in [0, 0.1) is 25.2 Å². The lowest BCUT2D eigenvalue weighted by atomic mass is 10.2. The Balaban J connectivity index is 1.39. The Hall–Kier alpha value is -2.23. The number of hydrogen-bond donors (Lipinski definition) is 1. The summed E-state index contributed by atoms with van der Waals surface area (Å²) in [5.41, 5.74) is 2.29. The summed E-state index contributed by atoms with van der Waals surface area (Å²) in [4.78, 5) is 14.8. The molecule has 2 aromatic rings. The van der Waals surface area contributed by atoms with Crippen LogP contribution in [-0.4, -0.2) is 73.5 Å². The number of thiophene rings is 1. The van der Waals surface area contributed by atoms with E-state index in [2.05, 4.69) is 11.4 Å². The second kappa shape index (κ2) is 9.95. The molecule has 4 rings (SSSR count). The molecule has 0 unspecified atom stereocenters. The summed E-state index contributed by atoms with van der Waals surface area (Å²) in [7, 11) is -3.47. The van der Waals surface area contributed by atoms with Gasteiger partial charge in [0.15, 0.2) is 0 Å². The molecule has 2 saturated heterocycles.